The first kappa shape index (κ1) is 11.2. The molecule has 0 radical (unpaired) electrons. The van der Waals surface area contributed by atoms with E-state index in [9.17, 15) is 0 Å². The molecule has 1 N–H and O–H groups in total. The maximum absolute atomic E-state index is 4.50. The molecule has 0 saturated carbocycles. The first-order chi connectivity index (χ1) is 8.24. The van der Waals surface area contributed by atoms with Crippen LogP contribution in [-0.4, -0.2) is 30.7 Å². The van der Waals surface area contributed by atoms with Crippen molar-refractivity contribution in [2.24, 2.45) is 11.0 Å². The fraction of sp³-hybridized carbons (Fsp3) is 0.462. The molecule has 1 fully saturated rings. The Hall–Kier alpha value is -0.870. The molecule has 90 valence electrons. The van der Waals surface area contributed by atoms with Gasteiger partial charge >= 0.3 is 0 Å². The summed E-state index contributed by atoms with van der Waals surface area (Å²) in [6.07, 6.45) is 1.10. The summed E-state index contributed by atoms with van der Waals surface area (Å²) in [5.41, 5.74) is 5.97. The smallest absolute Gasteiger partial charge is 0.0782 e. The fourth-order valence-corrected chi connectivity index (χ4v) is 2.94. The summed E-state index contributed by atoms with van der Waals surface area (Å²) in [5, 5.41) is 4.50. The maximum atomic E-state index is 4.50. The Bertz CT molecular complexity index is 440. The van der Waals surface area contributed by atoms with E-state index in [0.717, 1.165) is 24.0 Å². The van der Waals surface area contributed by atoms with Crippen LogP contribution >= 0.6 is 15.9 Å². The van der Waals surface area contributed by atoms with Gasteiger partial charge in [0, 0.05) is 35.6 Å². The predicted molar refractivity (Wildman–Crippen MR) is 73.1 cm³/mol. The number of hydrogen-bond acceptors (Lipinski definition) is 3. The average Bonchev–Trinajstić information content (AvgIpc) is 2.73. The van der Waals surface area contributed by atoms with Crippen molar-refractivity contribution >= 4 is 21.6 Å². The highest BCUT2D eigenvalue weighted by Gasteiger charge is 2.35. The zero-order valence-electron chi connectivity index (χ0n) is 9.86. The van der Waals surface area contributed by atoms with Gasteiger partial charge in [0.05, 0.1) is 6.04 Å². The summed E-state index contributed by atoms with van der Waals surface area (Å²) in [5.74, 6) is 0.537. The largest absolute Gasteiger partial charge is 0.305 e. The quantitative estimate of drug-likeness (QED) is 0.861. The van der Waals surface area contributed by atoms with Gasteiger partial charge in [0.15, 0.2) is 0 Å². The van der Waals surface area contributed by atoms with Crippen LogP contribution in [0.4, 0.5) is 0 Å². The third-order valence-electron chi connectivity index (χ3n) is 3.66. The Morgan fingerprint density at radius 2 is 2.12 bits per heavy atom. The van der Waals surface area contributed by atoms with Crippen molar-refractivity contribution in [1.82, 2.24) is 10.3 Å². The van der Waals surface area contributed by atoms with E-state index < -0.39 is 0 Å². The molecule has 2 unspecified atom stereocenters. The van der Waals surface area contributed by atoms with Gasteiger partial charge in [-0.3, -0.25) is 0 Å². The Balaban J connectivity index is 1.83. The van der Waals surface area contributed by atoms with Crippen LogP contribution in [0, 0.1) is 5.92 Å². The second kappa shape index (κ2) is 4.42. The number of fused-ring (bicyclic) bond motifs is 1. The summed E-state index contributed by atoms with van der Waals surface area (Å²) in [4.78, 5) is 2.39. The van der Waals surface area contributed by atoms with E-state index in [-0.39, 0.29) is 0 Å². The SMILES string of the molecule is CN1CCC2=NNC(c3ccc(Br)cc3)C2C1. The number of hydrazone groups is 1. The van der Waals surface area contributed by atoms with E-state index in [4.69, 9.17) is 0 Å². The molecule has 0 aliphatic carbocycles. The van der Waals surface area contributed by atoms with Crippen LogP contribution in [0.5, 0.6) is 0 Å². The summed E-state index contributed by atoms with van der Waals surface area (Å²) < 4.78 is 1.13. The molecule has 2 atom stereocenters. The molecule has 17 heavy (non-hydrogen) atoms. The molecule has 2 heterocycles. The zero-order chi connectivity index (χ0) is 11.8. The van der Waals surface area contributed by atoms with Gasteiger partial charge in [0.1, 0.15) is 0 Å². The molecule has 0 amide bonds. The highest BCUT2D eigenvalue weighted by atomic mass is 79.9. The summed E-state index contributed by atoms with van der Waals surface area (Å²) in [6, 6.07) is 8.90. The molecule has 0 aromatic heterocycles. The van der Waals surface area contributed by atoms with E-state index in [2.05, 4.69) is 62.7 Å². The van der Waals surface area contributed by atoms with Crippen LogP contribution in [-0.2, 0) is 0 Å². The Morgan fingerprint density at radius 3 is 2.88 bits per heavy atom. The van der Waals surface area contributed by atoms with E-state index in [1.54, 1.807) is 0 Å². The number of rotatable bonds is 1. The number of piperidine rings is 1. The van der Waals surface area contributed by atoms with Crippen LogP contribution in [0.25, 0.3) is 0 Å². The lowest BCUT2D eigenvalue weighted by Crippen LogP contribution is -2.39. The third kappa shape index (κ3) is 2.11. The highest BCUT2D eigenvalue weighted by molar-refractivity contribution is 9.10. The van der Waals surface area contributed by atoms with Gasteiger partial charge in [-0.1, -0.05) is 28.1 Å². The van der Waals surface area contributed by atoms with Crippen molar-refractivity contribution in [2.45, 2.75) is 12.5 Å². The molecule has 0 bridgehead atoms. The minimum absolute atomic E-state index is 0.348. The van der Waals surface area contributed by atoms with Crippen LogP contribution in [0.1, 0.15) is 18.0 Å². The topological polar surface area (TPSA) is 27.6 Å². The standard InChI is InChI=1S/C13H16BrN3/c1-17-7-6-12-11(8-17)13(16-15-12)9-2-4-10(14)5-3-9/h2-5,11,13,16H,6-8H2,1H3. The monoisotopic (exact) mass is 293 g/mol. The van der Waals surface area contributed by atoms with Gasteiger partial charge in [0.25, 0.3) is 0 Å². The van der Waals surface area contributed by atoms with Gasteiger partial charge in [-0.15, -0.1) is 0 Å². The van der Waals surface area contributed by atoms with Crippen molar-refractivity contribution in [3.8, 4) is 0 Å². The number of likely N-dealkylation sites (tertiary alicyclic amines) is 1. The molecule has 3 nitrogen and oxygen atoms in total. The maximum Gasteiger partial charge on any atom is 0.0782 e. The lowest BCUT2D eigenvalue weighted by Gasteiger charge is -2.30. The minimum atomic E-state index is 0.348. The zero-order valence-corrected chi connectivity index (χ0v) is 11.4. The lowest BCUT2D eigenvalue weighted by molar-refractivity contribution is 0.272. The van der Waals surface area contributed by atoms with Crippen LogP contribution < -0.4 is 5.43 Å². The van der Waals surface area contributed by atoms with Gasteiger partial charge in [-0.05, 0) is 24.7 Å². The Morgan fingerprint density at radius 1 is 1.35 bits per heavy atom. The lowest BCUT2D eigenvalue weighted by atomic mass is 9.87. The third-order valence-corrected chi connectivity index (χ3v) is 4.19. The van der Waals surface area contributed by atoms with E-state index in [1.807, 2.05) is 0 Å². The summed E-state index contributed by atoms with van der Waals surface area (Å²) in [7, 11) is 2.19. The molecule has 2 aliphatic heterocycles. The van der Waals surface area contributed by atoms with E-state index >= 15 is 0 Å². The Labute approximate surface area is 110 Å². The van der Waals surface area contributed by atoms with Gasteiger partial charge in [-0.25, -0.2) is 0 Å². The minimum Gasteiger partial charge on any atom is -0.305 e. The first-order valence-corrected chi connectivity index (χ1v) is 6.79. The number of benzene rings is 1. The molecule has 1 aromatic carbocycles. The number of nitrogens with one attached hydrogen (secondary N) is 1. The van der Waals surface area contributed by atoms with Gasteiger partial charge in [0.2, 0.25) is 0 Å². The number of hydrogen-bond donors (Lipinski definition) is 1. The molecule has 0 spiro atoms. The van der Waals surface area contributed by atoms with Crippen molar-refractivity contribution in [2.75, 3.05) is 20.1 Å². The fourth-order valence-electron chi connectivity index (χ4n) is 2.68. The van der Waals surface area contributed by atoms with Crippen LogP contribution in [0.3, 0.4) is 0 Å². The van der Waals surface area contributed by atoms with Crippen molar-refractivity contribution in [1.29, 1.82) is 0 Å². The molecular weight excluding hydrogens is 278 g/mol. The molecule has 4 heteroatoms. The second-order valence-corrected chi connectivity index (χ2v) is 5.80. The van der Waals surface area contributed by atoms with E-state index in [0.29, 0.717) is 12.0 Å². The summed E-state index contributed by atoms with van der Waals surface area (Å²) >= 11 is 3.48. The second-order valence-electron chi connectivity index (χ2n) is 4.88. The van der Waals surface area contributed by atoms with Crippen molar-refractivity contribution in [3.63, 3.8) is 0 Å². The van der Waals surface area contributed by atoms with Crippen molar-refractivity contribution < 1.29 is 0 Å². The number of halogens is 1. The molecule has 1 saturated heterocycles. The molecular formula is C13H16BrN3. The first-order valence-electron chi connectivity index (χ1n) is 6.00. The van der Waals surface area contributed by atoms with E-state index in [1.165, 1.54) is 11.3 Å². The molecule has 1 aromatic rings. The molecule has 2 aliphatic rings. The average molecular weight is 294 g/mol. The summed E-state index contributed by atoms with van der Waals surface area (Å²) in [6.45, 7) is 2.23. The Kier molecular flexibility index (Phi) is 2.92. The van der Waals surface area contributed by atoms with Crippen LogP contribution in [0.2, 0.25) is 0 Å². The van der Waals surface area contributed by atoms with Crippen LogP contribution in [0.15, 0.2) is 33.8 Å². The predicted octanol–water partition coefficient (Wildman–Crippen LogP) is 2.40. The normalized spacial score (nSPS) is 28.5. The van der Waals surface area contributed by atoms with Gasteiger partial charge in [-0.2, -0.15) is 5.10 Å². The van der Waals surface area contributed by atoms with Gasteiger partial charge < -0.3 is 10.3 Å². The van der Waals surface area contributed by atoms with Crippen molar-refractivity contribution in [3.05, 3.63) is 34.3 Å². The number of nitrogens with zero attached hydrogens (tertiary/aromatic N) is 2. The highest BCUT2D eigenvalue weighted by Crippen LogP contribution is 2.32. The molecule has 3 rings (SSSR count).